The Balaban J connectivity index is 2.84. The second-order valence-corrected chi connectivity index (χ2v) is 9.30. The molecule has 0 saturated carbocycles. The highest BCUT2D eigenvalue weighted by molar-refractivity contribution is 6.60. The summed E-state index contributed by atoms with van der Waals surface area (Å²) in [5, 5.41) is 0. The van der Waals surface area contributed by atoms with Gasteiger partial charge in [0.2, 0.25) is 0 Å². The Morgan fingerprint density at radius 1 is 0.852 bits per heavy atom. The lowest BCUT2D eigenvalue weighted by Crippen LogP contribution is -2.45. The number of rotatable bonds is 9. The van der Waals surface area contributed by atoms with Gasteiger partial charge in [-0.2, -0.15) is 26.3 Å². The quantitative estimate of drug-likeness (QED) is 0.292. The highest BCUT2D eigenvalue weighted by Gasteiger charge is 2.39. The summed E-state index contributed by atoms with van der Waals surface area (Å²) in [6, 6.07) is 2.07. The molecule has 0 atom stereocenters. The smallest absolute Gasteiger partial charge is 0.377 e. The summed E-state index contributed by atoms with van der Waals surface area (Å²) in [6.07, 6.45) is -8.87. The lowest BCUT2D eigenvalue weighted by molar-refractivity contribution is -0.143. The maximum Gasteiger partial charge on any atom is 0.500 e. The first-order valence-electron chi connectivity index (χ1n) is 8.39. The van der Waals surface area contributed by atoms with E-state index in [-0.39, 0.29) is 24.2 Å². The molecule has 0 amide bonds. The van der Waals surface area contributed by atoms with E-state index in [0.29, 0.717) is 18.9 Å². The van der Waals surface area contributed by atoms with Crippen LogP contribution in [0.3, 0.4) is 0 Å². The van der Waals surface area contributed by atoms with E-state index in [1.165, 1.54) is 14.2 Å². The summed E-state index contributed by atoms with van der Waals surface area (Å²) in [4.78, 5) is 0. The van der Waals surface area contributed by atoms with Gasteiger partial charge in [-0.3, -0.25) is 0 Å². The molecule has 10 heteroatoms. The van der Waals surface area contributed by atoms with Gasteiger partial charge in [-0.15, -0.1) is 0 Å². The standard InChI is InChI=1S/C17H24F6O3Si/c1-12(2)26-27(24-3,25-4)8-6-5-7-13-9-14(16(18,19)20)11-15(10-13)17(21,22)23/h9-12H,5-8H2,1-4H3. The van der Waals surface area contributed by atoms with Gasteiger partial charge < -0.3 is 13.3 Å². The molecule has 0 bridgehead atoms. The fraction of sp³-hybridized carbons (Fsp3) is 0.647. The molecular formula is C17H24F6O3Si. The van der Waals surface area contributed by atoms with Gasteiger partial charge in [0.15, 0.2) is 0 Å². The van der Waals surface area contributed by atoms with E-state index in [2.05, 4.69) is 0 Å². The van der Waals surface area contributed by atoms with Crippen molar-refractivity contribution in [3.8, 4) is 0 Å². The number of hydrogen-bond donors (Lipinski definition) is 0. The average molecular weight is 418 g/mol. The van der Waals surface area contributed by atoms with Crippen molar-refractivity contribution >= 4 is 8.80 Å². The summed E-state index contributed by atoms with van der Waals surface area (Å²) in [5.74, 6) is 0. The van der Waals surface area contributed by atoms with Gasteiger partial charge in [0, 0.05) is 26.4 Å². The van der Waals surface area contributed by atoms with Crippen LogP contribution in [0.1, 0.15) is 43.4 Å². The minimum absolute atomic E-state index is 0.0102. The molecule has 3 nitrogen and oxygen atoms in total. The van der Waals surface area contributed by atoms with Crippen molar-refractivity contribution in [2.45, 2.75) is 57.6 Å². The number of halogens is 6. The van der Waals surface area contributed by atoms with Crippen LogP contribution in [0.2, 0.25) is 6.04 Å². The fourth-order valence-electron chi connectivity index (χ4n) is 2.64. The lowest BCUT2D eigenvalue weighted by atomic mass is 10.0. The van der Waals surface area contributed by atoms with E-state index in [9.17, 15) is 26.3 Å². The molecule has 0 unspecified atom stereocenters. The largest absolute Gasteiger partial charge is 0.500 e. The Morgan fingerprint density at radius 3 is 1.70 bits per heavy atom. The second-order valence-electron chi connectivity index (χ2n) is 6.38. The monoisotopic (exact) mass is 418 g/mol. The molecule has 0 N–H and O–H groups in total. The van der Waals surface area contributed by atoms with Crippen LogP contribution in [0, 0.1) is 0 Å². The summed E-state index contributed by atoms with van der Waals surface area (Å²) in [5.41, 5.74) is -2.61. The first-order chi connectivity index (χ1) is 12.3. The van der Waals surface area contributed by atoms with Crippen LogP contribution in [-0.4, -0.2) is 29.1 Å². The van der Waals surface area contributed by atoms with Crippen molar-refractivity contribution in [3.05, 3.63) is 34.9 Å². The number of benzene rings is 1. The maximum atomic E-state index is 12.9. The number of alkyl halides is 6. The van der Waals surface area contributed by atoms with E-state index >= 15 is 0 Å². The van der Waals surface area contributed by atoms with Gasteiger partial charge in [-0.1, -0.05) is 0 Å². The summed E-state index contributed by atoms with van der Waals surface area (Å²) < 4.78 is 93.8. The third kappa shape index (κ3) is 7.44. The molecule has 0 radical (unpaired) electrons. The van der Waals surface area contributed by atoms with Crippen LogP contribution in [-0.2, 0) is 32.1 Å². The van der Waals surface area contributed by atoms with E-state index in [1.807, 2.05) is 13.8 Å². The molecule has 156 valence electrons. The van der Waals surface area contributed by atoms with Crippen molar-refractivity contribution in [1.29, 1.82) is 0 Å². The highest BCUT2D eigenvalue weighted by Crippen LogP contribution is 2.36. The van der Waals surface area contributed by atoms with Crippen molar-refractivity contribution in [3.63, 3.8) is 0 Å². The zero-order valence-electron chi connectivity index (χ0n) is 15.6. The van der Waals surface area contributed by atoms with E-state index < -0.39 is 32.3 Å². The minimum Gasteiger partial charge on any atom is -0.377 e. The van der Waals surface area contributed by atoms with Gasteiger partial charge in [0.1, 0.15) is 0 Å². The SMILES string of the molecule is CO[Si](CCCCc1cc(C(F)(F)F)cc(C(F)(F)F)c1)(OC)OC(C)C. The number of hydrogen-bond acceptors (Lipinski definition) is 3. The van der Waals surface area contributed by atoms with Gasteiger partial charge in [0.25, 0.3) is 0 Å². The van der Waals surface area contributed by atoms with Gasteiger partial charge in [0.05, 0.1) is 11.1 Å². The van der Waals surface area contributed by atoms with E-state index in [4.69, 9.17) is 13.3 Å². The van der Waals surface area contributed by atoms with Crippen LogP contribution in [0.4, 0.5) is 26.3 Å². The Bertz CT molecular complexity index is 565. The normalized spacial score (nSPS) is 13.4. The van der Waals surface area contributed by atoms with Crippen LogP contribution < -0.4 is 0 Å². The van der Waals surface area contributed by atoms with Crippen molar-refractivity contribution < 1.29 is 39.6 Å². The maximum absolute atomic E-state index is 12.9. The molecule has 0 heterocycles. The zero-order chi connectivity index (χ0) is 20.9. The molecule has 1 rings (SSSR count). The van der Waals surface area contributed by atoms with Crippen LogP contribution in [0.5, 0.6) is 0 Å². The highest BCUT2D eigenvalue weighted by atomic mass is 28.4. The molecule has 0 saturated heterocycles. The molecular weight excluding hydrogens is 394 g/mol. The fourth-order valence-corrected chi connectivity index (χ4v) is 4.92. The van der Waals surface area contributed by atoms with Gasteiger partial charge >= 0.3 is 21.2 Å². The summed E-state index contributed by atoms with van der Waals surface area (Å²) >= 11 is 0. The Kier molecular flexibility index (Phi) is 8.33. The zero-order valence-corrected chi connectivity index (χ0v) is 16.6. The molecule has 0 aliphatic carbocycles. The molecule has 27 heavy (non-hydrogen) atoms. The van der Waals surface area contributed by atoms with Crippen molar-refractivity contribution in [1.82, 2.24) is 0 Å². The Hall–Kier alpha value is -1.10. The second kappa shape index (κ2) is 9.40. The summed E-state index contributed by atoms with van der Waals surface area (Å²) in [7, 11) is 0.0313. The van der Waals surface area contributed by atoms with Gasteiger partial charge in [-0.05, 0) is 56.9 Å². The Labute approximate surface area is 156 Å². The van der Waals surface area contributed by atoms with Crippen molar-refractivity contribution in [2.75, 3.05) is 14.2 Å². The molecule has 1 aromatic carbocycles. The predicted molar refractivity (Wildman–Crippen MR) is 90.2 cm³/mol. The first kappa shape index (κ1) is 23.9. The molecule has 0 spiro atoms. The van der Waals surface area contributed by atoms with Crippen molar-refractivity contribution in [2.24, 2.45) is 0 Å². The van der Waals surface area contributed by atoms with Crippen LogP contribution >= 0.6 is 0 Å². The summed E-state index contributed by atoms with van der Waals surface area (Å²) in [6.45, 7) is 3.64. The lowest BCUT2D eigenvalue weighted by Gasteiger charge is -2.28. The van der Waals surface area contributed by atoms with Crippen LogP contribution in [0.25, 0.3) is 0 Å². The number of unbranched alkanes of at least 4 members (excludes halogenated alkanes) is 1. The van der Waals surface area contributed by atoms with E-state index in [1.54, 1.807) is 0 Å². The molecule has 0 aliphatic rings. The molecule has 0 fully saturated rings. The van der Waals surface area contributed by atoms with Crippen LogP contribution in [0.15, 0.2) is 18.2 Å². The number of aryl methyl sites for hydroxylation is 1. The average Bonchev–Trinajstić information content (AvgIpc) is 2.55. The predicted octanol–water partition coefficient (Wildman–Crippen LogP) is 5.70. The topological polar surface area (TPSA) is 27.7 Å². The molecule has 1 aromatic rings. The molecule has 0 aromatic heterocycles. The third-order valence-corrected chi connectivity index (χ3v) is 6.92. The van der Waals surface area contributed by atoms with E-state index in [0.717, 1.165) is 12.1 Å². The molecule has 0 aliphatic heterocycles. The minimum atomic E-state index is -4.84. The Morgan fingerprint density at radius 2 is 1.33 bits per heavy atom. The third-order valence-electron chi connectivity index (χ3n) is 3.88. The first-order valence-corrected chi connectivity index (χ1v) is 10.3. The van der Waals surface area contributed by atoms with Gasteiger partial charge in [-0.25, -0.2) is 0 Å².